The van der Waals surface area contributed by atoms with Crippen molar-refractivity contribution < 1.29 is 24.1 Å². The molecule has 0 aliphatic carbocycles. The number of aliphatic hydroxyl groups excluding tert-OH is 1. The highest BCUT2D eigenvalue weighted by Gasteiger charge is 2.45. The first-order chi connectivity index (χ1) is 11.6. The van der Waals surface area contributed by atoms with Gasteiger partial charge in [-0.3, -0.25) is 0 Å². The van der Waals surface area contributed by atoms with E-state index in [9.17, 15) is 9.90 Å². The van der Waals surface area contributed by atoms with Crippen LogP contribution in [0.4, 0.5) is 0 Å². The number of rotatable bonds is 4. The van der Waals surface area contributed by atoms with Crippen LogP contribution in [0.15, 0.2) is 30.3 Å². The second-order valence-corrected chi connectivity index (χ2v) is 6.84. The maximum Gasteiger partial charge on any atom is 0.338 e. The van der Waals surface area contributed by atoms with Crippen molar-refractivity contribution in [3.63, 3.8) is 0 Å². The fourth-order valence-corrected chi connectivity index (χ4v) is 3.36. The third kappa shape index (κ3) is 3.97. The van der Waals surface area contributed by atoms with Gasteiger partial charge in [0.25, 0.3) is 0 Å². The predicted octanol–water partition coefficient (Wildman–Crippen LogP) is 2.77. The first-order valence-corrected chi connectivity index (χ1v) is 8.80. The van der Waals surface area contributed by atoms with Gasteiger partial charge in [0.1, 0.15) is 0 Å². The van der Waals surface area contributed by atoms with Gasteiger partial charge in [0.05, 0.1) is 31.5 Å². The number of esters is 1. The molecule has 24 heavy (non-hydrogen) atoms. The molecule has 132 valence electrons. The number of carbonyl (C=O) groups is 1. The number of benzene rings is 1. The Bertz CT molecular complexity index is 536. The van der Waals surface area contributed by atoms with E-state index in [0.717, 1.165) is 19.3 Å². The van der Waals surface area contributed by atoms with Gasteiger partial charge in [0.2, 0.25) is 0 Å². The molecule has 2 aliphatic rings. The van der Waals surface area contributed by atoms with Gasteiger partial charge < -0.3 is 19.3 Å². The zero-order valence-electron chi connectivity index (χ0n) is 14.1. The van der Waals surface area contributed by atoms with E-state index in [0.29, 0.717) is 31.1 Å². The van der Waals surface area contributed by atoms with Gasteiger partial charge in [0.15, 0.2) is 5.79 Å². The molecule has 0 bridgehead atoms. The van der Waals surface area contributed by atoms with Crippen molar-refractivity contribution in [1.29, 1.82) is 0 Å². The van der Waals surface area contributed by atoms with Crippen molar-refractivity contribution in [3.05, 3.63) is 35.9 Å². The summed E-state index contributed by atoms with van der Waals surface area (Å²) in [6.07, 6.45) is 2.85. The minimum Gasteiger partial charge on any atom is -0.462 e. The van der Waals surface area contributed by atoms with E-state index in [1.54, 1.807) is 24.3 Å². The van der Waals surface area contributed by atoms with Crippen LogP contribution in [0.3, 0.4) is 0 Å². The van der Waals surface area contributed by atoms with E-state index in [4.69, 9.17) is 14.2 Å². The van der Waals surface area contributed by atoms with Gasteiger partial charge >= 0.3 is 5.97 Å². The SMILES string of the molecule is CC[C@@H]1CC[C@@]2(C[C@H](O)[C@@H](COC(=O)c3ccccc3)CO2)OC1. The largest absolute Gasteiger partial charge is 0.462 e. The quantitative estimate of drug-likeness (QED) is 0.858. The molecule has 0 radical (unpaired) electrons. The first kappa shape index (κ1) is 17.4. The molecule has 2 aliphatic heterocycles. The van der Waals surface area contributed by atoms with Gasteiger partial charge in [-0.15, -0.1) is 0 Å². The molecule has 1 spiro atoms. The summed E-state index contributed by atoms with van der Waals surface area (Å²) in [5, 5.41) is 10.4. The van der Waals surface area contributed by atoms with Crippen molar-refractivity contribution in [2.24, 2.45) is 11.8 Å². The molecular formula is C19H26O5. The van der Waals surface area contributed by atoms with E-state index in [1.165, 1.54) is 0 Å². The molecule has 0 unspecified atom stereocenters. The third-order valence-corrected chi connectivity index (χ3v) is 5.16. The molecule has 0 saturated carbocycles. The van der Waals surface area contributed by atoms with Crippen molar-refractivity contribution in [2.45, 2.75) is 44.5 Å². The zero-order chi connectivity index (χ0) is 17.0. The number of aliphatic hydroxyl groups is 1. The van der Waals surface area contributed by atoms with Gasteiger partial charge in [0, 0.05) is 18.8 Å². The maximum absolute atomic E-state index is 12.0. The molecule has 2 fully saturated rings. The van der Waals surface area contributed by atoms with Crippen LogP contribution in [0.2, 0.25) is 0 Å². The molecule has 4 atom stereocenters. The molecule has 2 heterocycles. The van der Waals surface area contributed by atoms with Crippen molar-refractivity contribution >= 4 is 5.97 Å². The van der Waals surface area contributed by atoms with Crippen LogP contribution in [0.1, 0.15) is 43.0 Å². The smallest absolute Gasteiger partial charge is 0.338 e. The lowest BCUT2D eigenvalue weighted by atomic mass is 9.86. The fraction of sp³-hybridized carbons (Fsp3) is 0.632. The number of hydrogen-bond acceptors (Lipinski definition) is 5. The Kier molecular flexibility index (Phi) is 5.54. The van der Waals surface area contributed by atoms with Gasteiger partial charge in [-0.2, -0.15) is 0 Å². The highest BCUT2D eigenvalue weighted by molar-refractivity contribution is 5.89. The third-order valence-electron chi connectivity index (χ3n) is 5.16. The Morgan fingerprint density at radius 1 is 1.29 bits per heavy atom. The second kappa shape index (κ2) is 7.64. The Morgan fingerprint density at radius 3 is 2.67 bits per heavy atom. The highest BCUT2D eigenvalue weighted by Crippen LogP contribution is 2.38. The lowest BCUT2D eigenvalue weighted by Gasteiger charge is -2.45. The van der Waals surface area contributed by atoms with Crippen LogP contribution < -0.4 is 0 Å². The Morgan fingerprint density at radius 2 is 2.04 bits per heavy atom. The van der Waals surface area contributed by atoms with Crippen LogP contribution in [-0.2, 0) is 14.2 Å². The summed E-state index contributed by atoms with van der Waals surface area (Å²) in [6.45, 7) is 3.36. The Balaban J connectivity index is 1.49. The summed E-state index contributed by atoms with van der Waals surface area (Å²) in [5.74, 6) is -0.648. The molecular weight excluding hydrogens is 308 g/mol. The Labute approximate surface area is 142 Å². The number of hydrogen-bond donors (Lipinski definition) is 1. The predicted molar refractivity (Wildman–Crippen MR) is 88.5 cm³/mol. The van der Waals surface area contributed by atoms with E-state index < -0.39 is 11.9 Å². The van der Waals surface area contributed by atoms with Crippen LogP contribution >= 0.6 is 0 Å². The highest BCUT2D eigenvalue weighted by atomic mass is 16.7. The average Bonchev–Trinajstić information content (AvgIpc) is 2.62. The van der Waals surface area contributed by atoms with Crippen LogP contribution in [0.25, 0.3) is 0 Å². The first-order valence-electron chi connectivity index (χ1n) is 8.80. The Hall–Kier alpha value is -1.43. The normalized spacial score (nSPS) is 33.3. The summed E-state index contributed by atoms with van der Waals surface area (Å²) in [4.78, 5) is 12.0. The molecule has 5 heteroatoms. The van der Waals surface area contributed by atoms with E-state index >= 15 is 0 Å². The van der Waals surface area contributed by atoms with Crippen molar-refractivity contribution in [1.82, 2.24) is 0 Å². The molecule has 5 nitrogen and oxygen atoms in total. The molecule has 0 aromatic heterocycles. The molecule has 1 aromatic carbocycles. The summed E-state index contributed by atoms with van der Waals surface area (Å²) in [6, 6.07) is 8.87. The molecule has 1 aromatic rings. The zero-order valence-corrected chi connectivity index (χ0v) is 14.1. The molecule has 1 N–H and O–H groups in total. The van der Waals surface area contributed by atoms with Gasteiger partial charge in [-0.05, 0) is 24.5 Å². The monoisotopic (exact) mass is 334 g/mol. The molecule has 3 rings (SSSR count). The standard InChI is InChI=1S/C19H26O5/c1-2-14-8-9-19(23-11-14)10-17(20)16(13-24-19)12-22-18(21)15-6-4-3-5-7-15/h3-7,14,16-17,20H,2,8-13H2,1H3/t14-,16+,17+,19-/m1/s1. The van der Waals surface area contributed by atoms with Crippen LogP contribution in [0, 0.1) is 11.8 Å². The molecule has 2 saturated heterocycles. The minimum atomic E-state index is -0.648. The van der Waals surface area contributed by atoms with E-state index in [1.807, 2.05) is 6.07 Å². The van der Waals surface area contributed by atoms with E-state index in [-0.39, 0.29) is 18.5 Å². The van der Waals surface area contributed by atoms with Gasteiger partial charge in [-0.25, -0.2) is 4.79 Å². The maximum atomic E-state index is 12.0. The number of carbonyl (C=O) groups excluding carboxylic acids is 1. The van der Waals surface area contributed by atoms with Gasteiger partial charge in [-0.1, -0.05) is 31.5 Å². The van der Waals surface area contributed by atoms with Crippen LogP contribution in [-0.4, -0.2) is 42.8 Å². The number of ether oxygens (including phenoxy) is 3. The second-order valence-electron chi connectivity index (χ2n) is 6.84. The summed E-state index contributed by atoms with van der Waals surface area (Å²) in [7, 11) is 0. The summed E-state index contributed by atoms with van der Waals surface area (Å²) >= 11 is 0. The van der Waals surface area contributed by atoms with Crippen molar-refractivity contribution in [3.8, 4) is 0 Å². The van der Waals surface area contributed by atoms with E-state index in [2.05, 4.69) is 6.92 Å². The lowest BCUT2D eigenvalue weighted by Crippen LogP contribution is -2.52. The summed E-state index contributed by atoms with van der Waals surface area (Å²) < 4.78 is 17.2. The summed E-state index contributed by atoms with van der Waals surface area (Å²) in [5.41, 5.74) is 0.515. The van der Waals surface area contributed by atoms with Crippen LogP contribution in [0.5, 0.6) is 0 Å². The minimum absolute atomic E-state index is 0.155. The average molecular weight is 334 g/mol. The topological polar surface area (TPSA) is 65.0 Å². The molecule has 0 amide bonds. The van der Waals surface area contributed by atoms with Crippen molar-refractivity contribution in [2.75, 3.05) is 19.8 Å². The fourth-order valence-electron chi connectivity index (χ4n) is 3.36. The lowest BCUT2D eigenvalue weighted by molar-refractivity contribution is -0.307.